The second-order valence-electron chi connectivity index (χ2n) is 7.66. The number of aliphatic carboxylic acids is 1. The SMILES string of the molecule is CC(C)(SCc1ccccc1)[C@@H](NS(=O)(=O)c1ccc(Oc2ccccc2)cc1)C(=O)O. The average Bonchev–Trinajstić information content (AvgIpc) is 2.78. The molecular weight excluding hydrogens is 446 g/mol. The maximum absolute atomic E-state index is 12.9. The maximum Gasteiger partial charge on any atom is 0.323 e. The number of nitrogens with one attached hydrogen (secondary N) is 1. The van der Waals surface area contributed by atoms with Gasteiger partial charge < -0.3 is 9.84 Å². The Labute approximate surface area is 192 Å². The first-order valence-electron chi connectivity index (χ1n) is 9.93. The molecule has 0 aliphatic heterocycles. The lowest BCUT2D eigenvalue weighted by molar-refractivity contribution is -0.139. The van der Waals surface area contributed by atoms with E-state index in [4.69, 9.17) is 4.74 Å². The van der Waals surface area contributed by atoms with Crippen molar-refractivity contribution in [2.24, 2.45) is 0 Å². The van der Waals surface area contributed by atoms with Gasteiger partial charge in [0.15, 0.2) is 0 Å². The number of carbonyl (C=O) groups is 1. The molecule has 168 valence electrons. The van der Waals surface area contributed by atoms with Crippen LogP contribution in [0.1, 0.15) is 19.4 Å². The summed E-state index contributed by atoms with van der Waals surface area (Å²) in [6.07, 6.45) is 0. The summed E-state index contributed by atoms with van der Waals surface area (Å²) < 4.78 is 33.0. The molecule has 0 heterocycles. The number of hydrogen-bond acceptors (Lipinski definition) is 5. The number of carboxylic acid groups (broad SMARTS) is 1. The molecule has 2 N–H and O–H groups in total. The molecule has 0 amide bonds. The fraction of sp³-hybridized carbons (Fsp3) is 0.208. The number of benzene rings is 3. The van der Waals surface area contributed by atoms with Gasteiger partial charge in [-0.15, -0.1) is 11.8 Å². The van der Waals surface area contributed by atoms with Gasteiger partial charge in [-0.2, -0.15) is 4.72 Å². The maximum atomic E-state index is 12.9. The summed E-state index contributed by atoms with van der Waals surface area (Å²) in [5.74, 6) is 0.432. The van der Waals surface area contributed by atoms with Crippen LogP contribution in [0.3, 0.4) is 0 Å². The molecule has 1 atom stereocenters. The van der Waals surface area contributed by atoms with Crippen LogP contribution in [0.5, 0.6) is 11.5 Å². The molecule has 32 heavy (non-hydrogen) atoms. The van der Waals surface area contributed by atoms with Crippen LogP contribution >= 0.6 is 11.8 Å². The van der Waals surface area contributed by atoms with Gasteiger partial charge in [0.2, 0.25) is 10.0 Å². The molecule has 0 aliphatic carbocycles. The molecule has 0 bridgehead atoms. The van der Waals surface area contributed by atoms with E-state index in [-0.39, 0.29) is 4.90 Å². The minimum atomic E-state index is -4.06. The highest BCUT2D eigenvalue weighted by molar-refractivity contribution is 8.00. The van der Waals surface area contributed by atoms with E-state index in [9.17, 15) is 18.3 Å². The summed E-state index contributed by atoms with van der Waals surface area (Å²) >= 11 is 1.38. The highest BCUT2D eigenvalue weighted by atomic mass is 32.2. The fourth-order valence-electron chi connectivity index (χ4n) is 2.95. The Balaban J connectivity index is 1.72. The molecule has 0 saturated carbocycles. The number of rotatable bonds is 10. The lowest BCUT2D eigenvalue weighted by Gasteiger charge is -2.31. The Morgan fingerprint density at radius 2 is 1.47 bits per heavy atom. The lowest BCUT2D eigenvalue weighted by Crippen LogP contribution is -2.52. The smallest absolute Gasteiger partial charge is 0.323 e. The van der Waals surface area contributed by atoms with E-state index in [1.54, 1.807) is 26.0 Å². The van der Waals surface area contributed by atoms with E-state index < -0.39 is 26.8 Å². The van der Waals surface area contributed by atoms with Crippen LogP contribution in [0, 0.1) is 0 Å². The average molecular weight is 472 g/mol. The van der Waals surface area contributed by atoms with Crippen molar-refractivity contribution in [1.82, 2.24) is 4.72 Å². The van der Waals surface area contributed by atoms with Gasteiger partial charge in [-0.1, -0.05) is 48.5 Å². The summed E-state index contributed by atoms with van der Waals surface area (Å²) in [5.41, 5.74) is 1.03. The van der Waals surface area contributed by atoms with Crippen LogP contribution in [-0.2, 0) is 20.6 Å². The summed E-state index contributed by atoms with van der Waals surface area (Å²) in [6, 6.07) is 23.3. The van der Waals surface area contributed by atoms with Gasteiger partial charge in [0.1, 0.15) is 17.5 Å². The lowest BCUT2D eigenvalue weighted by atomic mass is 10.1. The molecule has 0 aliphatic rings. The molecule has 3 aromatic carbocycles. The van der Waals surface area contributed by atoms with Crippen LogP contribution in [0.4, 0.5) is 0 Å². The van der Waals surface area contributed by atoms with E-state index in [0.717, 1.165) is 5.56 Å². The van der Waals surface area contributed by atoms with E-state index in [1.165, 1.54) is 36.0 Å². The first kappa shape index (κ1) is 23.8. The monoisotopic (exact) mass is 471 g/mol. The Bertz CT molecular complexity index is 1130. The second kappa shape index (κ2) is 10.2. The zero-order chi connectivity index (χ0) is 23.2. The van der Waals surface area contributed by atoms with Gasteiger partial charge in [0, 0.05) is 10.5 Å². The van der Waals surface area contributed by atoms with Crippen LogP contribution in [0.15, 0.2) is 89.8 Å². The molecule has 0 spiro atoms. The normalized spacial score (nSPS) is 12.8. The molecule has 3 rings (SSSR count). The molecule has 6 nitrogen and oxygen atoms in total. The molecule has 8 heteroatoms. The number of carboxylic acids is 1. The summed E-state index contributed by atoms with van der Waals surface area (Å²) in [6.45, 7) is 3.44. The standard InChI is InChI=1S/C24H25NO5S2/c1-24(2,31-17-18-9-5-3-6-10-18)22(23(26)27)25-32(28,29)21-15-13-20(14-16-21)30-19-11-7-4-8-12-19/h3-16,22,25H,17H2,1-2H3,(H,26,27)/t22-/m0/s1. The van der Waals surface area contributed by atoms with Crippen molar-refractivity contribution in [3.8, 4) is 11.5 Å². The number of sulfonamides is 1. The van der Waals surface area contributed by atoms with Crippen LogP contribution in [0.25, 0.3) is 0 Å². The molecule has 0 saturated heterocycles. The second-order valence-corrected chi connectivity index (χ2v) is 11.0. The minimum Gasteiger partial charge on any atom is -0.480 e. The third-order valence-corrected chi connectivity index (χ3v) is 7.68. The molecule has 0 aromatic heterocycles. The quantitative estimate of drug-likeness (QED) is 0.436. The zero-order valence-corrected chi connectivity index (χ0v) is 19.4. The largest absolute Gasteiger partial charge is 0.480 e. The van der Waals surface area contributed by atoms with E-state index in [1.807, 2.05) is 48.5 Å². The van der Waals surface area contributed by atoms with Crippen LogP contribution < -0.4 is 9.46 Å². The topological polar surface area (TPSA) is 92.7 Å². The van der Waals surface area contributed by atoms with Crippen molar-refractivity contribution >= 4 is 27.8 Å². The molecule has 3 aromatic rings. The first-order valence-corrected chi connectivity index (χ1v) is 12.4. The molecule has 0 unspecified atom stereocenters. The Kier molecular flexibility index (Phi) is 7.60. The highest BCUT2D eigenvalue weighted by Gasteiger charge is 2.39. The number of thioether (sulfide) groups is 1. The fourth-order valence-corrected chi connectivity index (χ4v) is 5.42. The minimum absolute atomic E-state index is 0.0342. The van der Waals surface area contributed by atoms with E-state index in [2.05, 4.69) is 4.72 Å². The van der Waals surface area contributed by atoms with Crippen molar-refractivity contribution in [3.05, 3.63) is 90.5 Å². The summed E-state index contributed by atoms with van der Waals surface area (Å²) in [7, 11) is -4.06. The molecule has 0 radical (unpaired) electrons. The van der Waals surface area contributed by atoms with Gasteiger partial charge in [0.05, 0.1) is 4.90 Å². The van der Waals surface area contributed by atoms with Crippen LogP contribution in [0.2, 0.25) is 0 Å². The van der Waals surface area contributed by atoms with Crippen molar-refractivity contribution in [2.75, 3.05) is 0 Å². The van der Waals surface area contributed by atoms with E-state index in [0.29, 0.717) is 17.3 Å². The Morgan fingerprint density at radius 3 is 2.03 bits per heavy atom. The molecule has 0 fully saturated rings. The summed E-state index contributed by atoms with van der Waals surface area (Å²) in [5, 5.41) is 9.76. The number of ether oxygens (including phenoxy) is 1. The predicted octanol–water partition coefficient (Wildman–Crippen LogP) is 4.92. The third kappa shape index (κ3) is 6.35. The third-order valence-electron chi connectivity index (χ3n) is 4.78. The Hall–Kier alpha value is -2.81. The number of hydrogen-bond donors (Lipinski definition) is 2. The van der Waals surface area contributed by atoms with Crippen molar-refractivity contribution in [3.63, 3.8) is 0 Å². The van der Waals surface area contributed by atoms with Crippen molar-refractivity contribution in [2.45, 2.75) is 35.3 Å². The highest BCUT2D eigenvalue weighted by Crippen LogP contribution is 2.32. The first-order chi connectivity index (χ1) is 15.2. The predicted molar refractivity (Wildman–Crippen MR) is 127 cm³/mol. The van der Waals surface area contributed by atoms with Crippen LogP contribution in [-0.4, -0.2) is 30.3 Å². The van der Waals surface area contributed by atoms with E-state index >= 15 is 0 Å². The van der Waals surface area contributed by atoms with Crippen molar-refractivity contribution in [1.29, 1.82) is 0 Å². The van der Waals surface area contributed by atoms with Gasteiger partial charge in [0.25, 0.3) is 0 Å². The van der Waals surface area contributed by atoms with Gasteiger partial charge in [-0.25, -0.2) is 8.42 Å². The van der Waals surface area contributed by atoms with Gasteiger partial charge >= 0.3 is 5.97 Å². The number of para-hydroxylation sites is 1. The Morgan fingerprint density at radius 1 is 0.938 bits per heavy atom. The van der Waals surface area contributed by atoms with Gasteiger partial charge in [-0.3, -0.25) is 4.79 Å². The molecular formula is C24H25NO5S2. The van der Waals surface area contributed by atoms with Crippen molar-refractivity contribution < 1.29 is 23.1 Å². The van der Waals surface area contributed by atoms with Gasteiger partial charge in [-0.05, 0) is 55.8 Å². The zero-order valence-electron chi connectivity index (χ0n) is 17.8. The summed E-state index contributed by atoms with van der Waals surface area (Å²) in [4.78, 5) is 11.9.